The lowest BCUT2D eigenvalue weighted by Crippen LogP contribution is -2.40. The van der Waals surface area contributed by atoms with E-state index in [1.54, 1.807) is 11.8 Å². The average Bonchev–Trinajstić information content (AvgIpc) is 2.94. The Morgan fingerprint density at radius 3 is 2.72 bits per heavy atom. The monoisotopic (exact) mass is 371 g/mol. The van der Waals surface area contributed by atoms with Gasteiger partial charge in [0.2, 0.25) is 11.1 Å². The molecule has 1 aromatic carbocycles. The third kappa shape index (κ3) is 3.44. The van der Waals surface area contributed by atoms with Crippen molar-refractivity contribution in [3.63, 3.8) is 0 Å². The molecule has 0 saturated carbocycles. The van der Waals surface area contributed by atoms with Crippen LogP contribution >= 0.6 is 11.8 Å². The molecular formula is C15H16F3N5OS. The molecule has 0 spiro atoms. The molecule has 2 N–H and O–H groups in total. The number of fused-ring (bicyclic) bond motifs is 1. The minimum Gasteiger partial charge on any atom is -0.335 e. The van der Waals surface area contributed by atoms with Gasteiger partial charge >= 0.3 is 6.18 Å². The number of hydrogen-bond acceptors (Lipinski definition) is 5. The molecular weight excluding hydrogens is 355 g/mol. The summed E-state index contributed by atoms with van der Waals surface area (Å²) in [7, 11) is 0. The Hall–Kier alpha value is -2.23. The zero-order chi connectivity index (χ0) is 18.2. The Kier molecular flexibility index (Phi) is 4.63. The number of halogens is 3. The summed E-state index contributed by atoms with van der Waals surface area (Å²) < 4.78 is 38.6. The number of nitrogens with zero attached hydrogens (tertiary/aromatic N) is 4. The summed E-state index contributed by atoms with van der Waals surface area (Å²) in [5.41, 5.74) is 1.93. The number of rotatable bonds is 3. The molecule has 1 atom stereocenters. The molecule has 0 aliphatic carbocycles. The van der Waals surface area contributed by atoms with Crippen LogP contribution in [0.2, 0.25) is 0 Å². The van der Waals surface area contributed by atoms with Crippen molar-refractivity contribution in [3.05, 3.63) is 35.7 Å². The molecule has 2 aromatic rings. The number of anilines is 1. The lowest BCUT2D eigenvalue weighted by molar-refractivity contribution is -0.146. The number of carbonyl (C=O) groups is 1. The van der Waals surface area contributed by atoms with E-state index in [0.717, 1.165) is 35.9 Å². The van der Waals surface area contributed by atoms with Gasteiger partial charge in [0.05, 0.1) is 5.25 Å². The topological polar surface area (TPSA) is 77.0 Å². The molecule has 6 nitrogen and oxygen atoms in total. The second-order valence-corrected chi connectivity index (χ2v) is 6.96. The second-order valence-electron chi connectivity index (χ2n) is 5.66. The van der Waals surface area contributed by atoms with Gasteiger partial charge in [-0.3, -0.25) is 4.79 Å². The lowest BCUT2D eigenvalue weighted by Gasteiger charge is -2.31. The standard InChI is InChI=1S/C15H16F3N5OS/c1-9(25-14-21-20-13(23(14)19)15(16,17)18)12(24)22-8-4-6-10-5-2-3-7-11(10)22/h2-3,5,7,9H,4,6,8,19H2,1H3. The molecule has 10 heteroatoms. The average molecular weight is 371 g/mol. The molecule has 25 heavy (non-hydrogen) atoms. The van der Waals surface area contributed by atoms with E-state index >= 15 is 0 Å². The highest BCUT2D eigenvalue weighted by Crippen LogP contribution is 2.32. The fraction of sp³-hybridized carbons (Fsp3) is 0.400. The number of thioether (sulfide) groups is 1. The van der Waals surface area contributed by atoms with Crippen LogP contribution < -0.4 is 10.7 Å². The minimum atomic E-state index is -4.69. The van der Waals surface area contributed by atoms with Crippen LogP contribution in [0.25, 0.3) is 0 Å². The predicted octanol–water partition coefficient (Wildman–Crippen LogP) is 2.47. The molecule has 2 heterocycles. The molecule has 1 amide bonds. The first-order chi connectivity index (χ1) is 11.8. The maximum Gasteiger partial charge on any atom is 0.453 e. The van der Waals surface area contributed by atoms with Crippen LogP contribution in [-0.4, -0.2) is 32.6 Å². The normalized spacial score (nSPS) is 15.8. The Balaban J connectivity index is 1.78. The maximum absolute atomic E-state index is 12.8. The maximum atomic E-state index is 12.8. The van der Waals surface area contributed by atoms with E-state index in [-0.39, 0.29) is 11.1 Å². The molecule has 1 aliphatic heterocycles. The number of nitrogens with two attached hydrogens (primary N) is 1. The number of aryl methyl sites for hydroxylation is 1. The van der Waals surface area contributed by atoms with Crippen LogP contribution in [0.1, 0.15) is 24.7 Å². The largest absolute Gasteiger partial charge is 0.453 e. The van der Waals surface area contributed by atoms with Gasteiger partial charge < -0.3 is 10.7 Å². The van der Waals surface area contributed by atoms with Crippen molar-refractivity contribution in [1.29, 1.82) is 0 Å². The van der Waals surface area contributed by atoms with Crippen molar-refractivity contribution < 1.29 is 18.0 Å². The molecule has 0 bridgehead atoms. The van der Waals surface area contributed by atoms with Gasteiger partial charge in [-0.25, -0.2) is 4.68 Å². The summed E-state index contributed by atoms with van der Waals surface area (Å²) >= 11 is 0.857. The van der Waals surface area contributed by atoms with E-state index < -0.39 is 17.3 Å². The number of alkyl halides is 3. The number of amides is 1. The van der Waals surface area contributed by atoms with Crippen molar-refractivity contribution in [2.75, 3.05) is 17.3 Å². The Morgan fingerprint density at radius 1 is 1.32 bits per heavy atom. The molecule has 0 radical (unpaired) electrons. The Morgan fingerprint density at radius 2 is 2.04 bits per heavy atom. The van der Waals surface area contributed by atoms with Crippen LogP contribution in [0.15, 0.2) is 29.4 Å². The summed E-state index contributed by atoms with van der Waals surface area (Å²) in [5.74, 6) is 3.93. The number of aromatic nitrogens is 3. The lowest BCUT2D eigenvalue weighted by atomic mass is 10.0. The van der Waals surface area contributed by atoms with Gasteiger partial charge in [-0.05, 0) is 31.4 Å². The molecule has 1 unspecified atom stereocenters. The fourth-order valence-electron chi connectivity index (χ4n) is 2.74. The number of benzene rings is 1. The molecule has 0 fully saturated rings. The number of para-hydroxylation sites is 1. The zero-order valence-electron chi connectivity index (χ0n) is 13.3. The first kappa shape index (κ1) is 17.6. The third-order valence-electron chi connectivity index (χ3n) is 3.92. The summed E-state index contributed by atoms with van der Waals surface area (Å²) in [6, 6.07) is 7.62. The van der Waals surface area contributed by atoms with Gasteiger partial charge in [-0.1, -0.05) is 30.0 Å². The SMILES string of the molecule is CC(Sc1nnc(C(F)(F)F)n1N)C(=O)N1CCCc2ccccc21. The van der Waals surface area contributed by atoms with Crippen LogP contribution in [0.3, 0.4) is 0 Å². The third-order valence-corrected chi connectivity index (χ3v) is 4.97. The smallest absolute Gasteiger partial charge is 0.335 e. The number of carbonyl (C=O) groups excluding carboxylic acids is 1. The fourth-order valence-corrected chi connectivity index (χ4v) is 3.57. The quantitative estimate of drug-likeness (QED) is 0.663. The highest BCUT2D eigenvalue weighted by Gasteiger charge is 2.39. The first-order valence-electron chi connectivity index (χ1n) is 7.62. The van der Waals surface area contributed by atoms with Gasteiger partial charge in [0, 0.05) is 12.2 Å². The Labute approximate surface area is 146 Å². The first-order valence-corrected chi connectivity index (χ1v) is 8.50. The van der Waals surface area contributed by atoms with Crippen LogP contribution in [0.4, 0.5) is 18.9 Å². The summed E-state index contributed by atoms with van der Waals surface area (Å²) in [6.45, 7) is 2.19. The Bertz CT molecular complexity index is 792. The number of nitrogen functional groups attached to an aromatic ring is 1. The molecule has 1 aliphatic rings. The van der Waals surface area contributed by atoms with Crippen molar-refractivity contribution in [2.45, 2.75) is 36.3 Å². The van der Waals surface area contributed by atoms with E-state index in [9.17, 15) is 18.0 Å². The van der Waals surface area contributed by atoms with Gasteiger partial charge in [0.25, 0.3) is 5.82 Å². The van der Waals surface area contributed by atoms with Crippen LogP contribution in [0, 0.1) is 0 Å². The van der Waals surface area contributed by atoms with Gasteiger partial charge in [-0.2, -0.15) is 13.2 Å². The summed E-state index contributed by atoms with van der Waals surface area (Å²) in [5, 5.41) is 5.71. The van der Waals surface area contributed by atoms with Crippen molar-refractivity contribution in [1.82, 2.24) is 14.9 Å². The van der Waals surface area contributed by atoms with E-state index in [4.69, 9.17) is 5.84 Å². The van der Waals surface area contributed by atoms with E-state index in [1.807, 2.05) is 24.3 Å². The van der Waals surface area contributed by atoms with Gasteiger partial charge in [0.15, 0.2) is 0 Å². The summed E-state index contributed by atoms with van der Waals surface area (Å²) in [4.78, 5) is 14.4. The molecule has 3 rings (SSSR count). The van der Waals surface area contributed by atoms with Crippen LogP contribution in [-0.2, 0) is 17.4 Å². The van der Waals surface area contributed by atoms with Gasteiger partial charge in [0.1, 0.15) is 0 Å². The minimum absolute atomic E-state index is 0.154. The van der Waals surface area contributed by atoms with Crippen molar-refractivity contribution in [3.8, 4) is 0 Å². The predicted molar refractivity (Wildman–Crippen MR) is 87.6 cm³/mol. The molecule has 1 aromatic heterocycles. The molecule has 0 saturated heterocycles. The van der Waals surface area contributed by atoms with E-state index in [0.29, 0.717) is 11.2 Å². The molecule has 134 valence electrons. The number of hydrogen-bond donors (Lipinski definition) is 1. The second kappa shape index (κ2) is 6.58. The van der Waals surface area contributed by atoms with E-state index in [1.165, 1.54) is 0 Å². The highest BCUT2D eigenvalue weighted by atomic mass is 32.2. The highest BCUT2D eigenvalue weighted by molar-refractivity contribution is 8.00. The van der Waals surface area contributed by atoms with Crippen molar-refractivity contribution in [2.24, 2.45) is 0 Å². The van der Waals surface area contributed by atoms with Crippen LogP contribution in [0.5, 0.6) is 0 Å². The zero-order valence-corrected chi connectivity index (χ0v) is 14.1. The van der Waals surface area contributed by atoms with Gasteiger partial charge in [-0.15, -0.1) is 10.2 Å². The van der Waals surface area contributed by atoms with E-state index in [2.05, 4.69) is 10.2 Å². The summed E-state index contributed by atoms with van der Waals surface area (Å²) in [6.07, 6.45) is -2.96. The van der Waals surface area contributed by atoms with Crippen molar-refractivity contribution >= 4 is 23.4 Å².